The fourth-order valence-corrected chi connectivity index (χ4v) is 2.34. The van der Waals surface area contributed by atoms with Crippen molar-refractivity contribution < 1.29 is 4.79 Å². The maximum atomic E-state index is 11.9. The number of hydrogen-bond donors (Lipinski definition) is 2. The van der Waals surface area contributed by atoms with Crippen LogP contribution in [-0.2, 0) is 4.79 Å². The Morgan fingerprint density at radius 3 is 2.26 bits per heavy atom. The lowest BCUT2D eigenvalue weighted by molar-refractivity contribution is -0.121. The summed E-state index contributed by atoms with van der Waals surface area (Å²) in [6.45, 7) is 5.58. The van der Waals surface area contributed by atoms with Gasteiger partial charge in [0.05, 0.1) is 6.54 Å². The van der Waals surface area contributed by atoms with Crippen LogP contribution in [0.3, 0.4) is 0 Å². The van der Waals surface area contributed by atoms with Gasteiger partial charge in [-0.1, -0.05) is 25.7 Å². The minimum atomic E-state index is 0.0720. The van der Waals surface area contributed by atoms with E-state index < -0.39 is 0 Å². The molecule has 1 rings (SSSR count). The molecule has 0 aromatic rings. The number of nitrogens with zero attached hydrogens (tertiary/aromatic N) is 1. The second kappa shape index (κ2) is 7.85. The monoisotopic (exact) mass is 269 g/mol. The molecule has 1 aliphatic rings. The third-order valence-electron chi connectivity index (χ3n) is 4.27. The molecule has 1 aliphatic carbocycles. The van der Waals surface area contributed by atoms with E-state index in [1.165, 1.54) is 25.7 Å². The second-order valence-electron chi connectivity index (χ2n) is 6.57. The number of amides is 1. The van der Waals surface area contributed by atoms with E-state index in [9.17, 15) is 4.79 Å². The summed E-state index contributed by atoms with van der Waals surface area (Å²) < 4.78 is 0. The van der Waals surface area contributed by atoms with Gasteiger partial charge in [0.15, 0.2) is 0 Å². The highest BCUT2D eigenvalue weighted by Crippen LogP contribution is 2.17. The van der Waals surface area contributed by atoms with Crippen molar-refractivity contribution >= 4 is 5.91 Å². The van der Waals surface area contributed by atoms with Crippen molar-refractivity contribution in [3.63, 3.8) is 0 Å². The summed E-state index contributed by atoms with van der Waals surface area (Å²) in [6.07, 6.45) is 7.45. The Hall–Kier alpha value is -0.610. The summed E-state index contributed by atoms with van der Waals surface area (Å²) in [7, 11) is 4.13. The van der Waals surface area contributed by atoms with Gasteiger partial charge in [0.2, 0.25) is 5.91 Å². The molecule has 0 atom stereocenters. The number of carbonyl (C=O) groups excluding carboxylic acids is 1. The second-order valence-corrected chi connectivity index (χ2v) is 6.57. The molecule has 0 radical (unpaired) electrons. The Morgan fingerprint density at radius 1 is 1.16 bits per heavy atom. The highest BCUT2D eigenvalue weighted by atomic mass is 16.1. The van der Waals surface area contributed by atoms with Crippen LogP contribution in [-0.4, -0.2) is 49.6 Å². The summed E-state index contributed by atoms with van der Waals surface area (Å²) >= 11 is 0. The Bertz CT molecular complexity index is 269. The minimum Gasteiger partial charge on any atom is -0.352 e. The van der Waals surface area contributed by atoms with Crippen LogP contribution in [0.1, 0.15) is 52.4 Å². The molecular weight excluding hydrogens is 238 g/mol. The van der Waals surface area contributed by atoms with Gasteiger partial charge >= 0.3 is 0 Å². The molecular formula is C15H31N3O. The third-order valence-corrected chi connectivity index (χ3v) is 4.27. The zero-order chi connectivity index (χ0) is 14.3. The molecule has 1 amide bonds. The number of hydrogen-bond acceptors (Lipinski definition) is 3. The summed E-state index contributed by atoms with van der Waals surface area (Å²) in [5.41, 5.74) is 0.0720. The lowest BCUT2D eigenvalue weighted by Gasteiger charge is -2.32. The maximum Gasteiger partial charge on any atom is 0.234 e. The Morgan fingerprint density at radius 2 is 1.74 bits per heavy atom. The van der Waals surface area contributed by atoms with Crippen molar-refractivity contribution in [2.24, 2.45) is 0 Å². The van der Waals surface area contributed by atoms with Gasteiger partial charge in [-0.05, 0) is 40.8 Å². The van der Waals surface area contributed by atoms with Crippen LogP contribution in [0.25, 0.3) is 0 Å². The first-order chi connectivity index (χ1) is 8.92. The Balaban J connectivity index is 2.20. The van der Waals surface area contributed by atoms with Crippen LogP contribution in [0.15, 0.2) is 0 Å². The van der Waals surface area contributed by atoms with Crippen LogP contribution in [0.2, 0.25) is 0 Å². The van der Waals surface area contributed by atoms with E-state index in [0.717, 1.165) is 19.4 Å². The van der Waals surface area contributed by atoms with Gasteiger partial charge in [0.25, 0.3) is 0 Å². The minimum absolute atomic E-state index is 0.0720. The highest BCUT2D eigenvalue weighted by molar-refractivity contribution is 5.78. The molecule has 2 N–H and O–H groups in total. The maximum absolute atomic E-state index is 11.9. The predicted octanol–water partition coefficient (Wildman–Crippen LogP) is 1.76. The van der Waals surface area contributed by atoms with E-state index in [-0.39, 0.29) is 11.4 Å². The molecule has 0 unspecified atom stereocenters. The van der Waals surface area contributed by atoms with Crippen molar-refractivity contribution in [2.45, 2.75) is 64.0 Å². The van der Waals surface area contributed by atoms with Gasteiger partial charge < -0.3 is 15.5 Å². The average Bonchev–Trinajstić information content (AvgIpc) is 2.57. The standard InChI is InChI=1S/C15H31N3O/c1-15(2,18(3)4)12-16-11-14(19)17-13-9-7-5-6-8-10-13/h13,16H,5-12H2,1-4H3,(H,17,19). The largest absolute Gasteiger partial charge is 0.352 e. The lowest BCUT2D eigenvalue weighted by atomic mass is 10.0. The van der Waals surface area contributed by atoms with Crippen LogP contribution in [0.5, 0.6) is 0 Å². The fourth-order valence-electron chi connectivity index (χ4n) is 2.34. The van der Waals surface area contributed by atoms with Gasteiger partial charge in [0.1, 0.15) is 0 Å². The highest BCUT2D eigenvalue weighted by Gasteiger charge is 2.20. The van der Waals surface area contributed by atoms with Gasteiger partial charge in [-0.3, -0.25) is 4.79 Å². The van der Waals surface area contributed by atoms with Gasteiger partial charge in [-0.2, -0.15) is 0 Å². The van der Waals surface area contributed by atoms with E-state index in [2.05, 4.69) is 43.5 Å². The van der Waals surface area contributed by atoms with Gasteiger partial charge in [-0.15, -0.1) is 0 Å². The first-order valence-electron chi connectivity index (χ1n) is 7.59. The smallest absolute Gasteiger partial charge is 0.234 e. The molecule has 0 aliphatic heterocycles. The van der Waals surface area contributed by atoms with E-state index in [1.807, 2.05) is 0 Å². The predicted molar refractivity (Wildman–Crippen MR) is 80.3 cm³/mol. The van der Waals surface area contributed by atoms with Crippen molar-refractivity contribution in [2.75, 3.05) is 27.2 Å². The Labute approximate surface area is 118 Å². The normalized spacial score (nSPS) is 18.4. The van der Waals surface area contributed by atoms with Crippen LogP contribution in [0, 0.1) is 0 Å². The quantitative estimate of drug-likeness (QED) is 0.722. The van der Waals surface area contributed by atoms with Gasteiger partial charge in [-0.25, -0.2) is 0 Å². The number of carbonyl (C=O) groups is 1. The van der Waals surface area contributed by atoms with Crippen LogP contribution < -0.4 is 10.6 Å². The molecule has 0 saturated heterocycles. The van der Waals surface area contributed by atoms with E-state index >= 15 is 0 Å². The molecule has 0 aromatic carbocycles. The van der Waals surface area contributed by atoms with Crippen LogP contribution in [0.4, 0.5) is 0 Å². The first-order valence-corrected chi connectivity index (χ1v) is 7.59. The summed E-state index contributed by atoms with van der Waals surface area (Å²) in [5, 5.41) is 6.42. The van der Waals surface area contributed by atoms with E-state index in [4.69, 9.17) is 0 Å². The molecule has 4 nitrogen and oxygen atoms in total. The van der Waals surface area contributed by atoms with Crippen molar-refractivity contribution in [3.05, 3.63) is 0 Å². The molecule has 1 saturated carbocycles. The molecule has 4 heteroatoms. The molecule has 0 bridgehead atoms. The SMILES string of the molecule is CN(C)C(C)(C)CNCC(=O)NC1CCCCCC1. The fraction of sp³-hybridized carbons (Fsp3) is 0.933. The zero-order valence-electron chi connectivity index (χ0n) is 13.1. The molecule has 112 valence electrons. The summed E-state index contributed by atoms with van der Waals surface area (Å²) in [6, 6.07) is 0.402. The van der Waals surface area contributed by atoms with Crippen LogP contribution >= 0.6 is 0 Å². The molecule has 0 spiro atoms. The number of rotatable bonds is 6. The number of likely N-dealkylation sites (N-methyl/N-ethyl adjacent to an activating group) is 1. The summed E-state index contributed by atoms with van der Waals surface area (Å²) in [4.78, 5) is 14.1. The third kappa shape index (κ3) is 6.39. The van der Waals surface area contributed by atoms with E-state index in [1.54, 1.807) is 0 Å². The molecule has 19 heavy (non-hydrogen) atoms. The zero-order valence-corrected chi connectivity index (χ0v) is 13.1. The molecule has 1 fully saturated rings. The first kappa shape index (κ1) is 16.4. The number of nitrogens with one attached hydrogen (secondary N) is 2. The summed E-state index contributed by atoms with van der Waals surface area (Å²) in [5.74, 6) is 0.140. The van der Waals surface area contributed by atoms with Crippen molar-refractivity contribution in [1.82, 2.24) is 15.5 Å². The van der Waals surface area contributed by atoms with Gasteiger partial charge in [0, 0.05) is 18.1 Å². The Kier molecular flexibility index (Phi) is 6.80. The average molecular weight is 269 g/mol. The van der Waals surface area contributed by atoms with Crippen molar-refractivity contribution in [3.8, 4) is 0 Å². The lowest BCUT2D eigenvalue weighted by Crippen LogP contribution is -2.49. The molecule has 0 heterocycles. The topological polar surface area (TPSA) is 44.4 Å². The molecule has 0 aromatic heterocycles. The van der Waals surface area contributed by atoms with E-state index in [0.29, 0.717) is 12.6 Å². The van der Waals surface area contributed by atoms with Crippen molar-refractivity contribution in [1.29, 1.82) is 0 Å².